The van der Waals surface area contributed by atoms with Crippen LogP contribution in [0, 0.1) is 5.92 Å². The van der Waals surface area contributed by atoms with Gasteiger partial charge in [0.15, 0.2) is 5.82 Å². The minimum Gasteiger partial charge on any atom is -0.396 e. The van der Waals surface area contributed by atoms with Gasteiger partial charge in [-0.15, -0.1) is 5.10 Å². The lowest BCUT2D eigenvalue weighted by Gasteiger charge is -2.18. The highest BCUT2D eigenvalue weighted by Gasteiger charge is 2.11. The van der Waals surface area contributed by atoms with Crippen LogP contribution < -0.4 is 11.1 Å². The number of hydrogen-bond acceptors (Lipinski definition) is 4. The second-order valence-corrected chi connectivity index (χ2v) is 4.02. The third-order valence-corrected chi connectivity index (χ3v) is 2.58. The molecular weight excluding hydrogens is 200 g/mol. The highest BCUT2D eigenvalue weighted by atomic mass is 35.5. The van der Waals surface area contributed by atoms with Gasteiger partial charge in [0.2, 0.25) is 0 Å². The van der Waals surface area contributed by atoms with E-state index in [1.807, 2.05) is 0 Å². The molecule has 14 heavy (non-hydrogen) atoms. The normalized spacial score (nSPS) is 12.9. The molecule has 0 aliphatic carbocycles. The first-order valence-corrected chi connectivity index (χ1v) is 4.93. The average Bonchev–Trinajstić information content (AvgIpc) is 2.12. The molecule has 1 rings (SSSR count). The number of nitrogens with zero attached hydrogens (tertiary/aromatic N) is 2. The summed E-state index contributed by atoms with van der Waals surface area (Å²) in [6.07, 6.45) is 1.44. The lowest BCUT2D eigenvalue weighted by atomic mass is 10.1. The summed E-state index contributed by atoms with van der Waals surface area (Å²) in [6, 6.07) is 0.281. The van der Waals surface area contributed by atoms with Crippen molar-refractivity contribution >= 4 is 23.1 Å². The topological polar surface area (TPSA) is 63.8 Å². The van der Waals surface area contributed by atoms with E-state index in [2.05, 4.69) is 36.3 Å². The Labute approximate surface area is 88.9 Å². The monoisotopic (exact) mass is 214 g/mol. The summed E-state index contributed by atoms with van der Waals surface area (Å²) in [4.78, 5) is 0. The highest BCUT2D eigenvalue weighted by Crippen LogP contribution is 2.25. The summed E-state index contributed by atoms with van der Waals surface area (Å²) >= 11 is 5.95. The first kappa shape index (κ1) is 11.0. The number of nitrogens with two attached hydrogens (primary N) is 1. The number of hydrogen-bond donors (Lipinski definition) is 2. The molecule has 0 saturated carbocycles. The molecule has 0 aliphatic rings. The zero-order chi connectivity index (χ0) is 10.7. The predicted molar refractivity (Wildman–Crippen MR) is 59.4 cm³/mol. The second kappa shape index (κ2) is 4.46. The van der Waals surface area contributed by atoms with E-state index in [9.17, 15) is 0 Å². The Bertz CT molecular complexity index is 314. The third-order valence-electron chi connectivity index (χ3n) is 2.18. The number of aromatic nitrogens is 2. The van der Waals surface area contributed by atoms with Gasteiger partial charge < -0.3 is 11.1 Å². The van der Waals surface area contributed by atoms with Crippen LogP contribution in [0.15, 0.2) is 6.20 Å². The number of halogens is 1. The molecule has 0 spiro atoms. The van der Waals surface area contributed by atoms with Gasteiger partial charge in [0.05, 0.1) is 11.9 Å². The molecule has 4 nitrogen and oxygen atoms in total. The summed E-state index contributed by atoms with van der Waals surface area (Å²) in [5, 5.41) is 11.2. The summed E-state index contributed by atoms with van der Waals surface area (Å²) < 4.78 is 0. The fourth-order valence-corrected chi connectivity index (χ4v) is 1.00. The van der Waals surface area contributed by atoms with Gasteiger partial charge in [0.25, 0.3) is 0 Å². The van der Waals surface area contributed by atoms with Crippen LogP contribution in [-0.4, -0.2) is 16.2 Å². The molecule has 0 bridgehead atoms. The Morgan fingerprint density at radius 2 is 2.07 bits per heavy atom. The van der Waals surface area contributed by atoms with Gasteiger partial charge in [0, 0.05) is 6.04 Å². The van der Waals surface area contributed by atoms with Crippen molar-refractivity contribution in [3.05, 3.63) is 11.2 Å². The smallest absolute Gasteiger partial charge is 0.169 e. The van der Waals surface area contributed by atoms with Gasteiger partial charge in [-0.05, 0) is 12.8 Å². The Balaban J connectivity index is 2.82. The molecule has 0 amide bonds. The molecule has 0 fully saturated rings. The molecule has 78 valence electrons. The molecule has 3 N–H and O–H groups in total. The molecule has 5 heteroatoms. The molecule has 1 atom stereocenters. The molecule has 0 saturated heterocycles. The van der Waals surface area contributed by atoms with E-state index in [4.69, 9.17) is 17.3 Å². The maximum absolute atomic E-state index is 5.95. The number of nitrogens with one attached hydrogen (secondary N) is 1. The molecular formula is C9H15ClN4. The molecule has 1 heterocycles. The van der Waals surface area contributed by atoms with Crippen LogP contribution in [0.4, 0.5) is 11.5 Å². The van der Waals surface area contributed by atoms with Crippen LogP contribution in [0.25, 0.3) is 0 Å². The van der Waals surface area contributed by atoms with Gasteiger partial charge in [0.1, 0.15) is 5.02 Å². The van der Waals surface area contributed by atoms with Gasteiger partial charge in [-0.1, -0.05) is 25.4 Å². The van der Waals surface area contributed by atoms with Crippen molar-refractivity contribution in [2.24, 2.45) is 5.92 Å². The highest BCUT2D eigenvalue weighted by molar-refractivity contribution is 6.35. The van der Waals surface area contributed by atoms with Crippen LogP contribution >= 0.6 is 11.6 Å². The van der Waals surface area contributed by atoms with E-state index in [0.29, 0.717) is 22.4 Å². The Morgan fingerprint density at radius 3 is 2.64 bits per heavy atom. The van der Waals surface area contributed by atoms with Crippen molar-refractivity contribution in [1.29, 1.82) is 0 Å². The van der Waals surface area contributed by atoms with E-state index in [1.54, 1.807) is 0 Å². The van der Waals surface area contributed by atoms with Crippen LogP contribution in [0.1, 0.15) is 20.8 Å². The molecule has 1 aromatic rings. The molecule has 0 radical (unpaired) electrons. The van der Waals surface area contributed by atoms with E-state index in [1.165, 1.54) is 6.20 Å². The van der Waals surface area contributed by atoms with Crippen LogP contribution in [0.2, 0.25) is 5.02 Å². The zero-order valence-electron chi connectivity index (χ0n) is 8.58. The average molecular weight is 215 g/mol. The van der Waals surface area contributed by atoms with Crippen LogP contribution in [0.5, 0.6) is 0 Å². The minimum atomic E-state index is 0.281. The Kier molecular flexibility index (Phi) is 3.52. The maximum atomic E-state index is 5.95. The minimum absolute atomic E-state index is 0.281. The van der Waals surface area contributed by atoms with Crippen molar-refractivity contribution in [3.8, 4) is 0 Å². The predicted octanol–water partition coefficient (Wildman–Crippen LogP) is 2.17. The number of anilines is 2. The standard InChI is InChI=1S/C9H15ClN4/c1-5(2)6(3)13-9-8(10)7(11)4-12-14-9/h4-6H,1-3H3,(H3,11,13,14). The Morgan fingerprint density at radius 1 is 1.43 bits per heavy atom. The van der Waals surface area contributed by atoms with Crippen molar-refractivity contribution in [2.75, 3.05) is 11.1 Å². The summed E-state index contributed by atoms with van der Waals surface area (Å²) in [7, 11) is 0. The van der Waals surface area contributed by atoms with Crippen LogP contribution in [-0.2, 0) is 0 Å². The summed E-state index contributed by atoms with van der Waals surface area (Å²) in [6.45, 7) is 6.29. The fraction of sp³-hybridized carbons (Fsp3) is 0.556. The van der Waals surface area contributed by atoms with Crippen molar-refractivity contribution < 1.29 is 0 Å². The first-order chi connectivity index (χ1) is 6.52. The lowest BCUT2D eigenvalue weighted by Crippen LogP contribution is -2.22. The van der Waals surface area contributed by atoms with E-state index in [0.717, 1.165) is 0 Å². The second-order valence-electron chi connectivity index (χ2n) is 3.64. The maximum Gasteiger partial charge on any atom is 0.169 e. The Hall–Kier alpha value is -1.03. The van der Waals surface area contributed by atoms with Gasteiger partial charge in [-0.3, -0.25) is 0 Å². The number of rotatable bonds is 3. The quantitative estimate of drug-likeness (QED) is 0.810. The largest absolute Gasteiger partial charge is 0.396 e. The third kappa shape index (κ3) is 2.48. The van der Waals surface area contributed by atoms with Crippen molar-refractivity contribution in [1.82, 2.24) is 10.2 Å². The number of nitrogen functional groups attached to an aromatic ring is 1. The molecule has 1 unspecified atom stereocenters. The molecule has 0 aliphatic heterocycles. The fourth-order valence-electron chi connectivity index (χ4n) is 0.861. The summed E-state index contributed by atoms with van der Waals surface area (Å²) in [5.74, 6) is 1.04. The van der Waals surface area contributed by atoms with Crippen LogP contribution in [0.3, 0.4) is 0 Å². The molecule has 1 aromatic heterocycles. The van der Waals surface area contributed by atoms with E-state index >= 15 is 0 Å². The van der Waals surface area contributed by atoms with E-state index < -0.39 is 0 Å². The van der Waals surface area contributed by atoms with Gasteiger partial charge in [-0.2, -0.15) is 5.10 Å². The first-order valence-electron chi connectivity index (χ1n) is 4.55. The summed E-state index contributed by atoms with van der Waals surface area (Å²) in [5.41, 5.74) is 6.04. The molecule has 0 aromatic carbocycles. The van der Waals surface area contributed by atoms with Gasteiger partial charge in [-0.25, -0.2) is 0 Å². The van der Waals surface area contributed by atoms with Gasteiger partial charge >= 0.3 is 0 Å². The zero-order valence-corrected chi connectivity index (χ0v) is 9.34. The lowest BCUT2D eigenvalue weighted by molar-refractivity contribution is 0.557. The van der Waals surface area contributed by atoms with Crippen molar-refractivity contribution in [2.45, 2.75) is 26.8 Å². The SMILES string of the molecule is CC(C)C(C)Nc1nncc(N)c1Cl. The van der Waals surface area contributed by atoms with Crippen molar-refractivity contribution in [3.63, 3.8) is 0 Å². The van der Waals surface area contributed by atoms with E-state index in [-0.39, 0.29) is 6.04 Å².